The van der Waals surface area contributed by atoms with E-state index < -0.39 is 5.91 Å². The maximum atomic E-state index is 12.1. The van der Waals surface area contributed by atoms with Crippen LogP contribution in [0.1, 0.15) is 11.3 Å². The molecule has 0 atom stereocenters. The minimum absolute atomic E-state index is 0.0948. The van der Waals surface area contributed by atoms with E-state index in [4.69, 9.17) is 38.1 Å². The van der Waals surface area contributed by atoms with Gasteiger partial charge >= 0.3 is 0 Å². The lowest BCUT2D eigenvalue weighted by Gasteiger charge is -2.12. The van der Waals surface area contributed by atoms with Crippen molar-refractivity contribution in [1.82, 2.24) is 5.32 Å². The molecule has 0 spiro atoms. The number of amides is 1. The highest BCUT2D eigenvalue weighted by Gasteiger charge is 2.11. The summed E-state index contributed by atoms with van der Waals surface area (Å²) >= 11 is 11.4. The number of aliphatic hydroxyl groups is 1. The first-order chi connectivity index (χ1) is 13.9. The number of furan rings is 1. The fourth-order valence-electron chi connectivity index (χ4n) is 2.56. The molecular formula is C21H19ClN2O4S. The number of rotatable bonds is 6. The molecule has 0 saturated heterocycles. The summed E-state index contributed by atoms with van der Waals surface area (Å²) in [4.78, 5) is 12.1. The van der Waals surface area contributed by atoms with E-state index in [0.717, 1.165) is 11.1 Å². The Morgan fingerprint density at radius 2 is 2.03 bits per heavy atom. The number of carbonyl (C=O) groups is 1. The first-order valence-electron chi connectivity index (χ1n) is 8.74. The summed E-state index contributed by atoms with van der Waals surface area (Å²) in [6, 6.07) is 16.1. The Morgan fingerprint density at radius 3 is 2.76 bits per heavy atom. The summed E-state index contributed by atoms with van der Waals surface area (Å²) in [5.74, 6) is 1.25. The molecule has 150 valence electrons. The minimum atomic E-state index is -0.394. The van der Waals surface area contributed by atoms with E-state index in [1.807, 2.05) is 25.1 Å². The van der Waals surface area contributed by atoms with Crippen LogP contribution in [0, 0.1) is 6.92 Å². The molecule has 3 N–H and O–H groups in total. The van der Waals surface area contributed by atoms with Crippen LogP contribution in [0.4, 0.5) is 5.69 Å². The normalized spacial score (nSPS) is 10.4. The second-order valence-corrected chi connectivity index (χ2v) is 7.04. The molecule has 6 nitrogen and oxygen atoms in total. The number of hydrogen-bond donors (Lipinski definition) is 3. The third-order valence-corrected chi connectivity index (χ3v) is 4.46. The zero-order valence-electron chi connectivity index (χ0n) is 15.6. The van der Waals surface area contributed by atoms with Crippen molar-refractivity contribution < 1.29 is 19.1 Å². The van der Waals surface area contributed by atoms with Gasteiger partial charge in [-0.15, -0.1) is 0 Å². The van der Waals surface area contributed by atoms with E-state index in [-0.39, 0.29) is 18.3 Å². The summed E-state index contributed by atoms with van der Waals surface area (Å²) in [7, 11) is 0. The van der Waals surface area contributed by atoms with Crippen LogP contribution in [-0.4, -0.2) is 22.7 Å². The standard InChI is InChI=1S/C21H19ClN2O4S/c1-13-3-2-4-15(9-13)27-12-20(26)24-21(29)23-18-10-14(5-7-17(18)22)19-8-6-16(11-25)28-19/h2-10,25H,11-12H2,1H3,(H2,23,24,26,29). The molecule has 0 aliphatic heterocycles. The van der Waals surface area contributed by atoms with Gasteiger partial charge in [-0.25, -0.2) is 0 Å². The molecule has 0 unspecified atom stereocenters. The summed E-state index contributed by atoms with van der Waals surface area (Å²) in [6.07, 6.45) is 0. The second kappa shape index (κ2) is 9.56. The zero-order valence-corrected chi connectivity index (χ0v) is 17.1. The fraction of sp³-hybridized carbons (Fsp3) is 0.143. The fourth-order valence-corrected chi connectivity index (χ4v) is 2.95. The van der Waals surface area contributed by atoms with E-state index >= 15 is 0 Å². The van der Waals surface area contributed by atoms with Gasteiger partial charge in [0.15, 0.2) is 11.7 Å². The topological polar surface area (TPSA) is 83.7 Å². The molecule has 2 aromatic carbocycles. The van der Waals surface area contributed by atoms with Crippen LogP contribution in [-0.2, 0) is 11.4 Å². The number of hydrogen-bond acceptors (Lipinski definition) is 5. The third kappa shape index (κ3) is 5.80. The molecular weight excluding hydrogens is 412 g/mol. The largest absolute Gasteiger partial charge is 0.484 e. The quantitative estimate of drug-likeness (QED) is 0.506. The Bertz CT molecular complexity index is 1040. The van der Waals surface area contributed by atoms with Crippen molar-refractivity contribution in [3.8, 4) is 17.1 Å². The summed E-state index contributed by atoms with van der Waals surface area (Å²) in [5.41, 5.74) is 2.29. The van der Waals surface area contributed by atoms with E-state index in [0.29, 0.717) is 28.0 Å². The summed E-state index contributed by atoms with van der Waals surface area (Å²) in [5, 5.41) is 15.1. The number of halogens is 1. The van der Waals surface area contributed by atoms with Crippen LogP contribution in [0.5, 0.6) is 5.75 Å². The Kier molecular flexibility index (Phi) is 6.87. The average molecular weight is 431 g/mol. The van der Waals surface area contributed by atoms with Crippen LogP contribution in [0.3, 0.4) is 0 Å². The van der Waals surface area contributed by atoms with Crippen molar-refractivity contribution >= 4 is 40.5 Å². The molecule has 0 radical (unpaired) electrons. The number of carbonyl (C=O) groups excluding carboxylic acids is 1. The monoisotopic (exact) mass is 430 g/mol. The highest BCUT2D eigenvalue weighted by atomic mass is 35.5. The van der Waals surface area contributed by atoms with Crippen LogP contribution >= 0.6 is 23.8 Å². The molecule has 3 aromatic rings. The Morgan fingerprint density at radius 1 is 1.21 bits per heavy atom. The van der Waals surface area contributed by atoms with Gasteiger partial charge in [0, 0.05) is 5.56 Å². The second-order valence-electron chi connectivity index (χ2n) is 6.23. The molecule has 0 fully saturated rings. The van der Waals surface area contributed by atoms with E-state index in [1.165, 1.54) is 0 Å². The van der Waals surface area contributed by atoms with Gasteiger partial charge in [0.05, 0.1) is 10.7 Å². The number of thiocarbonyl (C=S) groups is 1. The summed E-state index contributed by atoms with van der Waals surface area (Å²) < 4.78 is 11.0. The average Bonchev–Trinajstić information content (AvgIpc) is 3.17. The third-order valence-electron chi connectivity index (χ3n) is 3.93. The smallest absolute Gasteiger partial charge is 0.264 e. The number of aliphatic hydroxyl groups excluding tert-OH is 1. The van der Waals surface area contributed by atoms with E-state index in [2.05, 4.69) is 10.6 Å². The zero-order chi connectivity index (χ0) is 20.8. The first kappa shape index (κ1) is 20.9. The van der Waals surface area contributed by atoms with Crippen LogP contribution < -0.4 is 15.4 Å². The van der Waals surface area contributed by atoms with Gasteiger partial charge < -0.3 is 19.6 Å². The molecule has 0 bridgehead atoms. The summed E-state index contributed by atoms with van der Waals surface area (Å²) in [6.45, 7) is 1.59. The van der Waals surface area contributed by atoms with Crippen molar-refractivity contribution in [1.29, 1.82) is 0 Å². The molecule has 0 aliphatic rings. The molecule has 29 heavy (non-hydrogen) atoms. The molecule has 0 saturated carbocycles. The van der Waals surface area contributed by atoms with Crippen molar-refractivity contribution in [3.63, 3.8) is 0 Å². The highest BCUT2D eigenvalue weighted by Crippen LogP contribution is 2.30. The van der Waals surface area contributed by atoms with Gasteiger partial charge in [-0.05, 0) is 67.2 Å². The molecule has 1 heterocycles. The number of ether oxygens (including phenoxy) is 1. The molecule has 3 rings (SSSR count). The van der Waals surface area contributed by atoms with Gasteiger partial charge in [-0.2, -0.15) is 0 Å². The minimum Gasteiger partial charge on any atom is -0.484 e. The highest BCUT2D eigenvalue weighted by molar-refractivity contribution is 7.80. The lowest BCUT2D eigenvalue weighted by atomic mass is 10.1. The first-order valence-corrected chi connectivity index (χ1v) is 9.53. The predicted molar refractivity (Wildman–Crippen MR) is 116 cm³/mol. The number of benzene rings is 2. The van der Waals surface area contributed by atoms with Crippen molar-refractivity contribution in [2.24, 2.45) is 0 Å². The molecule has 1 amide bonds. The SMILES string of the molecule is Cc1cccc(OCC(=O)NC(=S)Nc2cc(-c3ccc(CO)o3)ccc2Cl)c1. The van der Waals surface area contributed by atoms with Gasteiger partial charge in [-0.3, -0.25) is 10.1 Å². The Labute approximate surface area is 178 Å². The predicted octanol–water partition coefficient (Wildman–Crippen LogP) is 4.29. The van der Waals surface area contributed by atoms with Crippen LogP contribution in [0.25, 0.3) is 11.3 Å². The van der Waals surface area contributed by atoms with E-state index in [9.17, 15) is 4.79 Å². The van der Waals surface area contributed by atoms with Gasteiger partial charge in [0.1, 0.15) is 23.9 Å². The maximum Gasteiger partial charge on any atom is 0.264 e. The van der Waals surface area contributed by atoms with Crippen molar-refractivity contribution in [2.45, 2.75) is 13.5 Å². The molecule has 0 aliphatic carbocycles. The van der Waals surface area contributed by atoms with Crippen LogP contribution in [0.15, 0.2) is 59.0 Å². The van der Waals surface area contributed by atoms with Crippen molar-refractivity contribution in [2.75, 3.05) is 11.9 Å². The van der Waals surface area contributed by atoms with Gasteiger partial charge in [0.25, 0.3) is 5.91 Å². The van der Waals surface area contributed by atoms with Gasteiger partial charge in [0.2, 0.25) is 0 Å². The van der Waals surface area contributed by atoms with Crippen molar-refractivity contribution in [3.05, 3.63) is 70.9 Å². The number of anilines is 1. The Balaban J connectivity index is 1.59. The van der Waals surface area contributed by atoms with Crippen LogP contribution in [0.2, 0.25) is 5.02 Å². The lowest BCUT2D eigenvalue weighted by Crippen LogP contribution is -2.37. The van der Waals surface area contributed by atoms with E-state index in [1.54, 1.807) is 36.4 Å². The lowest BCUT2D eigenvalue weighted by molar-refractivity contribution is -0.121. The molecule has 8 heteroatoms. The Hall–Kier alpha value is -2.87. The number of nitrogens with one attached hydrogen (secondary N) is 2. The van der Waals surface area contributed by atoms with Gasteiger partial charge in [-0.1, -0.05) is 23.7 Å². The maximum absolute atomic E-state index is 12.1. The number of aryl methyl sites for hydroxylation is 1. The molecule has 1 aromatic heterocycles.